The van der Waals surface area contributed by atoms with Gasteiger partial charge in [-0.3, -0.25) is 9.59 Å². The lowest BCUT2D eigenvalue weighted by Gasteiger charge is -2.15. The molecule has 0 rings (SSSR count). The summed E-state index contributed by atoms with van der Waals surface area (Å²) in [6, 6.07) is 0. The summed E-state index contributed by atoms with van der Waals surface area (Å²) in [6.07, 6.45) is 1.41. The highest BCUT2D eigenvalue weighted by atomic mass is 32.2. The molecule has 0 fully saturated rings. The van der Waals surface area contributed by atoms with Crippen LogP contribution in [-0.4, -0.2) is 55.9 Å². The molecule has 0 aromatic heterocycles. The van der Waals surface area contributed by atoms with Crippen LogP contribution in [0, 0.1) is 0 Å². The number of carbonyl (C=O) groups excluding carboxylic acids is 1. The van der Waals surface area contributed by atoms with Gasteiger partial charge in [-0.25, -0.2) is 8.42 Å². The standard InChI is InChI=1S/C9H17NO5S/c1-10(6-5-9(12)13)8(11)4-3-7-16(2,14)15/h3-7H2,1-2H3,(H,12,13). The van der Waals surface area contributed by atoms with Crippen molar-refractivity contribution in [3.63, 3.8) is 0 Å². The lowest BCUT2D eigenvalue weighted by Crippen LogP contribution is -2.29. The number of hydrogen-bond donors (Lipinski definition) is 1. The second-order valence-corrected chi connectivity index (χ2v) is 5.95. The van der Waals surface area contributed by atoms with E-state index in [-0.39, 0.29) is 37.5 Å². The highest BCUT2D eigenvalue weighted by Gasteiger charge is 2.11. The maximum absolute atomic E-state index is 11.4. The molecule has 0 saturated carbocycles. The van der Waals surface area contributed by atoms with Gasteiger partial charge in [-0.15, -0.1) is 0 Å². The van der Waals surface area contributed by atoms with Gasteiger partial charge in [-0.2, -0.15) is 0 Å². The number of aliphatic carboxylic acids is 1. The SMILES string of the molecule is CN(CCC(=O)O)C(=O)CCCS(C)(=O)=O. The lowest BCUT2D eigenvalue weighted by molar-refractivity contribution is -0.138. The fraction of sp³-hybridized carbons (Fsp3) is 0.778. The van der Waals surface area contributed by atoms with Crippen molar-refractivity contribution >= 4 is 21.7 Å². The van der Waals surface area contributed by atoms with Crippen molar-refractivity contribution in [1.29, 1.82) is 0 Å². The first kappa shape index (κ1) is 14.9. The fourth-order valence-corrected chi connectivity index (χ4v) is 1.73. The quantitative estimate of drug-likeness (QED) is 0.673. The van der Waals surface area contributed by atoms with Crippen LogP contribution in [0.1, 0.15) is 19.3 Å². The molecular weight excluding hydrogens is 234 g/mol. The molecule has 0 unspecified atom stereocenters. The van der Waals surface area contributed by atoms with Crippen LogP contribution in [0.25, 0.3) is 0 Å². The van der Waals surface area contributed by atoms with Crippen LogP contribution in [-0.2, 0) is 19.4 Å². The van der Waals surface area contributed by atoms with Gasteiger partial charge in [-0.05, 0) is 6.42 Å². The summed E-state index contributed by atoms with van der Waals surface area (Å²) in [5, 5.41) is 8.41. The van der Waals surface area contributed by atoms with Gasteiger partial charge in [0.15, 0.2) is 0 Å². The van der Waals surface area contributed by atoms with Crippen LogP contribution < -0.4 is 0 Å². The Kier molecular flexibility index (Phi) is 6.02. The summed E-state index contributed by atoms with van der Waals surface area (Å²) in [6.45, 7) is 0.146. The van der Waals surface area contributed by atoms with Crippen molar-refractivity contribution in [2.24, 2.45) is 0 Å². The molecule has 0 heterocycles. The first-order valence-electron chi connectivity index (χ1n) is 4.86. The number of rotatable bonds is 7. The Bertz CT molecular complexity index is 349. The van der Waals surface area contributed by atoms with Gasteiger partial charge in [0, 0.05) is 26.3 Å². The molecule has 94 valence electrons. The number of sulfone groups is 1. The molecule has 7 heteroatoms. The van der Waals surface area contributed by atoms with Crippen LogP contribution in [0.2, 0.25) is 0 Å². The summed E-state index contributed by atoms with van der Waals surface area (Å²) in [4.78, 5) is 22.9. The Balaban J connectivity index is 3.84. The Morgan fingerprint density at radius 1 is 1.25 bits per heavy atom. The molecular formula is C9H17NO5S. The lowest BCUT2D eigenvalue weighted by atomic mass is 10.3. The normalized spacial score (nSPS) is 11.1. The molecule has 0 radical (unpaired) electrons. The molecule has 0 aliphatic rings. The van der Waals surface area contributed by atoms with Gasteiger partial charge in [0.25, 0.3) is 0 Å². The van der Waals surface area contributed by atoms with E-state index >= 15 is 0 Å². The molecule has 0 aliphatic heterocycles. The molecule has 0 aromatic carbocycles. The van der Waals surface area contributed by atoms with E-state index in [1.807, 2.05) is 0 Å². The predicted molar refractivity (Wildman–Crippen MR) is 58.8 cm³/mol. The Labute approximate surface area is 95.2 Å². The molecule has 0 bridgehead atoms. The van der Waals surface area contributed by atoms with Crippen molar-refractivity contribution in [2.75, 3.05) is 25.6 Å². The Morgan fingerprint density at radius 3 is 2.25 bits per heavy atom. The van der Waals surface area contributed by atoms with Gasteiger partial charge in [0.05, 0.1) is 12.2 Å². The van der Waals surface area contributed by atoms with Crippen molar-refractivity contribution < 1.29 is 23.1 Å². The van der Waals surface area contributed by atoms with Gasteiger partial charge >= 0.3 is 5.97 Å². The van der Waals surface area contributed by atoms with E-state index in [1.165, 1.54) is 11.9 Å². The van der Waals surface area contributed by atoms with Crippen molar-refractivity contribution in [3.8, 4) is 0 Å². The maximum atomic E-state index is 11.4. The zero-order chi connectivity index (χ0) is 12.8. The third-order valence-corrected chi connectivity index (χ3v) is 3.02. The van der Waals surface area contributed by atoms with Crippen LogP contribution >= 0.6 is 0 Å². The molecule has 1 N–H and O–H groups in total. The Morgan fingerprint density at radius 2 is 1.81 bits per heavy atom. The van der Waals surface area contributed by atoms with Gasteiger partial charge in [0.1, 0.15) is 9.84 Å². The average molecular weight is 251 g/mol. The van der Waals surface area contributed by atoms with E-state index in [4.69, 9.17) is 5.11 Å². The van der Waals surface area contributed by atoms with Gasteiger partial charge in [-0.1, -0.05) is 0 Å². The summed E-state index contributed by atoms with van der Waals surface area (Å²) in [7, 11) is -1.53. The van der Waals surface area contributed by atoms with E-state index in [1.54, 1.807) is 0 Å². The number of carboxylic acid groups (broad SMARTS) is 1. The van der Waals surface area contributed by atoms with E-state index in [2.05, 4.69) is 0 Å². The van der Waals surface area contributed by atoms with E-state index < -0.39 is 15.8 Å². The van der Waals surface area contributed by atoms with E-state index in [0.29, 0.717) is 0 Å². The molecule has 0 saturated heterocycles. The first-order chi connectivity index (χ1) is 7.22. The number of nitrogens with zero attached hydrogens (tertiary/aromatic N) is 1. The van der Waals surface area contributed by atoms with Gasteiger partial charge in [0.2, 0.25) is 5.91 Å². The molecule has 0 aromatic rings. The second kappa shape index (κ2) is 6.47. The molecule has 16 heavy (non-hydrogen) atoms. The van der Waals surface area contributed by atoms with E-state index in [0.717, 1.165) is 6.26 Å². The summed E-state index contributed by atoms with van der Waals surface area (Å²) in [5.41, 5.74) is 0. The molecule has 1 amide bonds. The van der Waals surface area contributed by atoms with Crippen LogP contribution in [0.5, 0.6) is 0 Å². The summed E-state index contributed by atoms with van der Waals surface area (Å²) < 4.78 is 21.6. The smallest absolute Gasteiger partial charge is 0.305 e. The third kappa shape index (κ3) is 8.22. The minimum atomic E-state index is -3.04. The van der Waals surface area contributed by atoms with Crippen molar-refractivity contribution in [3.05, 3.63) is 0 Å². The number of amides is 1. The summed E-state index contributed by atoms with van der Waals surface area (Å²) in [5.74, 6) is -1.22. The van der Waals surface area contributed by atoms with Gasteiger partial charge < -0.3 is 10.0 Å². The number of hydrogen-bond acceptors (Lipinski definition) is 4. The number of carbonyl (C=O) groups is 2. The van der Waals surface area contributed by atoms with Crippen LogP contribution in [0.4, 0.5) is 0 Å². The Hall–Kier alpha value is -1.11. The fourth-order valence-electron chi connectivity index (χ4n) is 1.06. The minimum absolute atomic E-state index is 0.0223. The zero-order valence-corrected chi connectivity index (χ0v) is 10.3. The number of carboxylic acids is 1. The third-order valence-electron chi connectivity index (χ3n) is 1.99. The van der Waals surface area contributed by atoms with Crippen molar-refractivity contribution in [2.45, 2.75) is 19.3 Å². The minimum Gasteiger partial charge on any atom is -0.481 e. The second-order valence-electron chi connectivity index (χ2n) is 3.69. The monoisotopic (exact) mass is 251 g/mol. The molecule has 6 nitrogen and oxygen atoms in total. The largest absolute Gasteiger partial charge is 0.481 e. The topological polar surface area (TPSA) is 91.8 Å². The average Bonchev–Trinajstić information content (AvgIpc) is 2.11. The van der Waals surface area contributed by atoms with Crippen LogP contribution in [0.15, 0.2) is 0 Å². The van der Waals surface area contributed by atoms with E-state index in [9.17, 15) is 18.0 Å². The predicted octanol–water partition coefficient (Wildman–Crippen LogP) is -0.256. The van der Waals surface area contributed by atoms with Crippen molar-refractivity contribution in [1.82, 2.24) is 4.90 Å². The zero-order valence-electron chi connectivity index (χ0n) is 9.47. The molecule has 0 spiro atoms. The highest BCUT2D eigenvalue weighted by Crippen LogP contribution is 1.99. The maximum Gasteiger partial charge on any atom is 0.305 e. The molecule has 0 atom stereocenters. The first-order valence-corrected chi connectivity index (χ1v) is 6.92. The molecule has 0 aliphatic carbocycles. The summed E-state index contributed by atoms with van der Waals surface area (Å²) >= 11 is 0. The van der Waals surface area contributed by atoms with Crippen LogP contribution in [0.3, 0.4) is 0 Å². The highest BCUT2D eigenvalue weighted by molar-refractivity contribution is 7.90.